The Bertz CT molecular complexity index is 759. The second kappa shape index (κ2) is 10.2. The maximum atomic E-state index is 12.8. The van der Waals surface area contributed by atoms with Crippen LogP contribution >= 0.6 is 0 Å². The van der Waals surface area contributed by atoms with E-state index in [0.29, 0.717) is 18.0 Å². The lowest BCUT2D eigenvalue weighted by atomic mass is 10.2. The summed E-state index contributed by atoms with van der Waals surface area (Å²) in [5.74, 6) is 0.256. The molecule has 0 aliphatic heterocycles. The topological polar surface area (TPSA) is 93.9 Å². The van der Waals surface area contributed by atoms with Gasteiger partial charge in [0.15, 0.2) is 5.69 Å². The second-order valence-corrected chi connectivity index (χ2v) is 5.88. The highest BCUT2D eigenvalue weighted by Crippen LogP contribution is 2.23. The number of nitrogens with zero attached hydrogens (tertiary/aromatic N) is 2. The van der Waals surface area contributed by atoms with Gasteiger partial charge in [0.2, 0.25) is 5.89 Å². The van der Waals surface area contributed by atoms with Crippen LogP contribution in [0.15, 0.2) is 34.9 Å². The summed E-state index contributed by atoms with van der Waals surface area (Å²) < 4.78 is 15.2. The third kappa shape index (κ3) is 5.73. The van der Waals surface area contributed by atoms with Crippen LogP contribution < -0.4 is 10.1 Å². The van der Waals surface area contributed by atoms with Crippen molar-refractivity contribution in [1.82, 2.24) is 9.88 Å². The molecule has 8 nitrogen and oxygen atoms in total. The summed E-state index contributed by atoms with van der Waals surface area (Å²) >= 11 is 0. The van der Waals surface area contributed by atoms with Crippen molar-refractivity contribution in [3.8, 4) is 5.75 Å². The normalized spacial score (nSPS) is 10.3. The van der Waals surface area contributed by atoms with Gasteiger partial charge in [-0.05, 0) is 18.6 Å². The first-order valence-electron chi connectivity index (χ1n) is 8.80. The molecule has 27 heavy (non-hydrogen) atoms. The number of benzene rings is 1. The summed E-state index contributed by atoms with van der Waals surface area (Å²) in [6, 6.07) is 6.88. The number of para-hydroxylation sites is 2. The number of rotatable bonds is 9. The number of hydrogen-bond donors (Lipinski definition) is 1. The molecule has 0 saturated heterocycles. The molecular weight excluding hydrogens is 350 g/mol. The number of anilines is 1. The summed E-state index contributed by atoms with van der Waals surface area (Å²) in [4.78, 5) is 30.0. The Balaban J connectivity index is 2.11. The minimum absolute atomic E-state index is 0.0751. The van der Waals surface area contributed by atoms with E-state index in [-0.39, 0.29) is 24.2 Å². The first kappa shape index (κ1) is 20.3. The number of carbonyl (C=O) groups excluding carboxylic acids is 2. The van der Waals surface area contributed by atoms with E-state index in [1.165, 1.54) is 13.4 Å². The number of nitrogens with one attached hydrogen (secondary N) is 1. The van der Waals surface area contributed by atoms with Crippen molar-refractivity contribution in [3.05, 3.63) is 42.1 Å². The van der Waals surface area contributed by atoms with Gasteiger partial charge < -0.3 is 24.1 Å². The summed E-state index contributed by atoms with van der Waals surface area (Å²) in [6.07, 6.45) is 4.11. The van der Waals surface area contributed by atoms with Crippen LogP contribution in [0, 0.1) is 0 Å². The number of hydrogen-bond acceptors (Lipinski definition) is 6. The molecule has 1 N–H and O–H groups in total. The van der Waals surface area contributed by atoms with Crippen LogP contribution in [0.2, 0.25) is 0 Å². The average Bonchev–Trinajstić information content (AvgIpc) is 3.15. The van der Waals surface area contributed by atoms with Crippen molar-refractivity contribution >= 4 is 17.7 Å². The lowest BCUT2D eigenvalue weighted by molar-refractivity contribution is 0.0594. The largest absolute Gasteiger partial charge is 0.495 e. The standard InChI is InChI=1S/C19H25N3O5/c1-4-5-8-11-22(12-17-20-15(13-27-17)18(23)26-3)19(24)21-14-9-6-7-10-16(14)25-2/h6-7,9-10,13H,4-5,8,11-12H2,1-3H3,(H,21,24). The minimum atomic E-state index is -0.582. The molecule has 0 aliphatic rings. The molecule has 2 aromatic rings. The molecule has 2 rings (SSSR count). The van der Waals surface area contributed by atoms with E-state index < -0.39 is 5.97 Å². The molecule has 0 bridgehead atoms. The number of carbonyl (C=O) groups is 2. The lowest BCUT2D eigenvalue weighted by Crippen LogP contribution is -2.35. The van der Waals surface area contributed by atoms with Gasteiger partial charge in [-0.2, -0.15) is 0 Å². The summed E-state index contributed by atoms with van der Waals surface area (Å²) in [5.41, 5.74) is 0.652. The van der Waals surface area contributed by atoms with Gasteiger partial charge in [0, 0.05) is 6.54 Å². The van der Waals surface area contributed by atoms with Gasteiger partial charge in [-0.3, -0.25) is 0 Å². The van der Waals surface area contributed by atoms with Crippen LogP contribution in [0.25, 0.3) is 0 Å². The molecule has 0 atom stereocenters. The van der Waals surface area contributed by atoms with Crippen LogP contribution in [0.3, 0.4) is 0 Å². The van der Waals surface area contributed by atoms with Gasteiger partial charge in [-0.15, -0.1) is 0 Å². The first-order chi connectivity index (χ1) is 13.1. The van der Waals surface area contributed by atoms with Gasteiger partial charge in [0.1, 0.15) is 12.0 Å². The molecule has 2 amide bonds. The van der Waals surface area contributed by atoms with Gasteiger partial charge in [0.05, 0.1) is 26.5 Å². The Morgan fingerprint density at radius 1 is 1.22 bits per heavy atom. The molecule has 0 spiro atoms. The monoisotopic (exact) mass is 375 g/mol. The number of methoxy groups -OCH3 is 2. The van der Waals surface area contributed by atoms with E-state index in [2.05, 4.69) is 22.0 Å². The third-order valence-corrected chi connectivity index (χ3v) is 3.94. The number of amides is 2. The van der Waals surface area contributed by atoms with E-state index in [1.54, 1.807) is 24.1 Å². The van der Waals surface area contributed by atoms with E-state index in [1.807, 2.05) is 12.1 Å². The average molecular weight is 375 g/mol. The minimum Gasteiger partial charge on any atom is -0.495 e. The summed E-state index contributed by atoms with van der Waals surface area (Å²) in [7, 11) is 2.82. The number of ether oxygens (including phenoxy) is 2. The molecule has 0 radical (unpaired) electrons. The summed E-state index contributed by atoms with van der Waals surface area (Å²) in [6.45, 7) is 2.77. The first-order valence-corrected chi connectivity index (χ1v) is 8.80. The van der Waals surface area contributed by atoms with Crippen molar-refractivity contribution < 1.29 is 23.5 Å². The molecule has 0 fully saturated rings. The fourth-order valence-electron chi connectivity index (χ4n) is 2.49. The Morgan fingerprint density at radius 2 is 2.00 bits per heavy atom. The van der Waals surface area contributed by atoms with Crippen LogP contribution in [0.4, 0.5) is 10.5 Å². The number of esters is 1. The molecule has 8 heteroatoms. The molecule has 0 aliphatic carbocycles. The lowest BCUT2D eigenvalue weighted by Gasteiger charge is -2.22. The Kier molecular flexibility index (Phi) is 7.66. The van der Waals surface area contributed by atoms with Gasteiger partial charge >= 0.3 is 12.0 Å². The molecule has 1 aromatic heterocycles. The predicted octanol–water partition coefficient (Wildman–Crippen LogP) is 3.69. The van der Waals surface area contributed by atoms with E-state index in [9.17, 15) is 9.59 Å². The number of urea groups is 1. The summed E-state index contributed by atoms with van der Waals surface area (Å²) in [5, 5.41) is 2.85. The zero-order valence-corrected chi connectivity index (χ0v) is 15.9. The van der Waals surface area contributed by atoms with Crippen molar-refractivity contribution in [2.24, 2.45) is 0 Å². The van der Waals surface area contributed by atoms with Crippen molar-refractivity contribution in [2.45, 2.75) is 32.7 Å². The van der Waals surface area contributed by atoms with E-state index in [4.69, 9.17) is 9.15 Å². The highest BCUT2D eigenvalue weighted by Gasteiger charge is 2.19. The SMILES string of the molecule is CCCCCN(Cc1nc(C(=O)OC)co1)C(=O)Nc1ccccc1OC. The maximum Gasteiger partial charge on any atom is 0.360 e. The van der Waals surface area contributed by atoms with Crippen LogP contribution in [-0.4, -0.2) is 42.6 Å². The van der Waals surface area contributed by atoms with Crippen molar-refractivity contribution in [2.75, 3.05) is 26.1 Å². The van der Waals surface area contributed by atoms with Gasteiger partial charge in [-0.25, -0.2) is 14.6 Å². The molecule has 1 aromatic carbocycles. The maximum absolute atomic E-state index is 12.8. The van der Waals surface area contributed by atoms with Gasteiger partial charge in [-0.1, -0.05) is 31.9 Å². The highest BCUT2D eigenvalue weighted by atomic mass is 16.5. The third-order valence-electron chi connectivity index (χ3n) is 3.94. The predicted molar refractivity (Wildman–Crippen MR) is 99.8 cm³/mol. The number of aromatic nitrogens is 1. The molecule has 1 heterocycles. The fraction of sp³-hybridized carbons (Fsp3) is 0.421. The van der Waals surface area contributed by atoms with E-state index >= 15 is 0 Å². The van der Waals surface area contributed by atoms with E-state index in [0.717, 1.165) is 19.3 Å². The molecule has 0 unspecified atom stereocenters. The Labute approximate surface area is 158 Å². The number of oxazole rings is 1. The van der Waals surface area contributed by atoms with Crippen LogP contribution in [0.5, 0.6) is 5.75 Å². The van der Waals surface area contributed by atoms with Crippen molar-refractivity contribution in [1.29, 1.82) is 0 Å². The highest BCUT2D eigenvalue weighted by molar-refractivity contribution is 5.91. The zero-order valence-electron chi connectivity index (χ0n) is 15.9. The number of unbranched alkanes of at least 4 members (excludes halogenated alkanes) is 2. The smallest absolute Gasteiger partial charge is 0.360 e. The van der Waals surface area contributed by atoms with Crippen LogP contribution in [-0.2, 0) is 11.3 Å². The van der Waals surface area contributed by atoms with Crippen molar-refractivity contribution in [3.63, 3.8) is 0 Å². The van der Waals surface area contributed by atoms with Crippen LogP contribution in [0.1, 0.15) is 42.6 Å². The quantitative estimate of drug-likeness (QED) is 0.531. The second-order valence-electron chi connectivity index (χ2n) is 5.88. The Morgan fingerprint density at radius 3 is 2.70 bits per heavy atom. The Hall–Kier alpha value is -3.03. The van der Waals surface area contributed by atoms with Gasteiger partial charge in [0.25, 0.3) is 0 Å². The molecule has 0 saturated carbocycles. The zero-order chi connectivity index (χ0) is 19.6. The molecule has 146 valence electrons. The fourth-order valence-corrected chi connectivity index (χ4v) is 2.49. The molecular formula is C19H25N3O5.